The Kier molecular flexibility index (Phi) is 5.56. The molecule has 127 valence electrons. The van der Waals surface area contributed by atoms with Crippen LogP contribution >= 0.6 is 0 Å². The second-order valence-electron chi connectivity index (χ2n) is 7.19. The molecule has 1 amide bonds. The lowest BCUT2D eigenvalue weighted by Gasteiger charge is -2.41. The van der Waals surface area contributed by atoms with Crippen molar-refractivity contribution in [1.82, 2.24) is 4.90 Å². The summed E-state index contributed by atoms with van der Waals surface area (Å²) in [6.45, 7) is 11.1. The molecular weight excluding hydrogens is 290 g/mol. The molecule has 1 heterocycles. The van der Waals surface area contributed by atoms with E-state index >= 15 is 0 Å². The Labute approximate surface area is 140 Å². The lowest BCUT2D eigenvalue weighted by molar-refractivity contribution is -0.0542. The molecule has 2 aliphatic rings. The monoisotopic (exact) mass is 318 g/mol. The van der Waals surface area contributed by atoms with Gasteiger partial charge in [-0.25, -0.2) is 4.79 Å². The van der Waals surface area contributed by atoms with Crippen LogP contribution in [-0.4, -0.2) is 35.5 Å². The highest BCUT2D eigenvalue weighted by atomic mass is 16.6. The van der Waals surface area contributed by atoms with Crippen molar-refractivity contribution >= 4 is 6.09 Å². The van der Waals surface area contributed by atoms with Gasteiger partial charge in [0.1, 0.15) is 12.3 Å². The van der Waals surface area contributed by atoms with Gasteiger partial charge in [0.2, 0.25) is 0 Å². The van der Waals surface area contributed by atoms with Crippen molar-refractivity contribution in [3.8, 4) is 0 Å². The van der Waals surface area contributed by atoms with Crippen LogP contribution in [-0.2, 0) is 9.47 Å². The summed E-state index contributed by atoms with van der Waals surface area (Å²) in [6.07, 6.45) is 12.0. The molecule has 0 bridgehead atoms. The molecule has 1 aliphatic heterocycles. The molecule has 0 aromatic heterocycles. The van der Waals surface area contributed by atoms with E-state index < -0.39 is 5.72 Å². The van der Waals surface area contributed by atoms with Gasteiger partial charge in [-0.2, -0.15) is 0 Å². The second-order valence-corrected chi connectivity index (χ2v) is 7.19. The number of carbonyl (C=O) groups is 1. The maximum absolute atomic E-state index is 12.8. The highest BCUT2D eigenvalue weighted by Gasteiger charge is 2.54. The van der Waals surface area contributed by atoms with E-state index in [0.717, 1.165) is 18.4 Å². The number of allylic oxidation sites excluding steroid dienone is 3. The molecule has 0 aromatic rings. The summed E-state index contributed by atoms with van der Waals surface area (Å²) in [4.78, 5) is 14.6. The van der Waals surface area contributed by atoms with Gasteiger partial charge in [-0.1, -0.05) is 39.0 Å². The smallest absolute Gasteiger partial charge is 0.412 e. The summed E-state index contributed by atoms with van der Waals surface area (Å²) in [6, 6.07) is 0. The Balaban J connectivity index is 2.12. The van der Waals surface area contributed by atoms with E-state index in [0.29, 0.717) is 12.5 Å². The minimum absolute atomic E-state index is 0.230. The SMILES string of the molecule is CC[C@]1(CC(C)C)COC(C)(C)N1C(=O)OCC1=CC=C[CH][C]1. The first-order chi connectivity index (χ1) is 10.8. The first-order valence-electron chi connectivity index (χ1n) is 8.37. The standard InChI is InChI=1S/C19H28NO3/c1-6-19(12-15(2)3)14-23-18(4,5)20(19)17(21)22-13-16-10-8-7-9-11-16/h7-10,15H,6,12-14H2,1-5H3/t19-/m0/s1. The zero-order valence-electron chi connectivity index (χ0n) is 14.9. The highest BCUT2D eigenvalue weighted by molar-refractivity contribution is 5.70. The third-order valence-electron chi connectivity index (χ3n) is 4.46. The van der Waals surface area contributed by atoms with Crippen LogP contribution < -0.4 is 0 Å². The van der Waals surface area contributed by atoms with E-state index in [1.54, 1.807) is 0 Å². The largest absolute Gasteiger partial charge is 0.445 e. The van der Waals surface area contributed by atoms with Gasteiger partial charge in [-0.3, -0.25) is 4.90 Å². The van der Waals surface area contributed by atoms with Crippen LogP contribution in [0, 0.1) is 18.8 Å². The van der Waals surface area contributed by atoms with Gasteiger partial charge in [0, 0.05) is 6.42 Å². The number of amides is 1. The summed E-state index contributed by atoms with van der Waals surface area (Å²) < 4.78 is 11.5. The molecule has 1 fully saturated rings. The molecule has 2 rings (SSSR count). The first-order valence-corrected chi connectivity index (χ1v) is 8.37. The molecule has 1 aliphatic carbocycles. The molecule has 4 heteroatoms. The van der Waals surface area contributed by atoms with Crippen LogP contribution in [0.25, 0.3) is 0 Å². The minimum atomic E-state index is -0.650. The molecular formula is C19H28NO3. The molecule has 0 spiro atoms. The molecule has 0 unspecified atom stereocenters. The van der Waals surface area contributed by atoms with E-state index in [-0.39, 0.29) is 18.2 Å². The Bertz CT molecular complexity index is 493. The van der Waals surface area contributed by atoms with E-state index in [2.05, 4.69) is 27.2 Å². The number of hydrogen-bond donors (Lipinski definition) is 0. The molecule has 1 atom stereocenters. The van der Waals surface area contributed by atoms with Gasteiger partial charge in [0.15, 0.2) is 0 Å². The van der Waals surface area contributed by atoms with Crippen molar-refractivity contribution < 1.29 is 14.3 Å². The van der Waals surface area contributed by atoms with Crippen LogP contribution in [0.5, 0.6) is 0 Å². The molecule has 1 saturated heterocycles. The van der Waals surface area contributed by atoms with Gasteiger partial charge >= 0.3 is 6.09 Å². The number of hydrogen-bond acceptors (Lipinski definition) is 3. The van der Waals surface area contributed by atoms with Crippen molar-refractivity contribution in [3.05, 3.63) is 36.6 Å². The van der Waals surface area contributed by atoms with Crippen molar-refractivity contribution in [2.24, 2.45) is 5.92 Å². The minimum Gasteiger partial charge on any atom is -0.445 e. The maximum Gasteiger partial charge on any atom is 0.412 e. The summed E-state index contributed by atoms with van der Waals surface area (Å²) in [5, 5.41) is 0. The van der Waals surface area contributed by atoms with Crippen LogP contribution in [0.4, 0.5) is 4.79 Å². The van der Waals surface area contributed by atoms with Gasteiger partial charge in [0.05, 0.1) is 12.1 Å². The predicted molar refractivity (Wildman–Crippen MR) is 90.5 cm³/mol. The van der Waals surface area contributed by atoms with E-state index in [4.69, 9.17) is 9.47 Å². The van der Waals surface area contributed by atoms with E-state index in [9.17, 15) is 4.79 Å². The Morgan fingerprint density at radius 2 is 2.17 bits per heavy atom. The predicted octanol–water partition coefficient (Wildman–Crippen LogP) is 4.17. The zero-order chi connectivity index (χ0) is 17.1. The normalized spacial score (nSPS) is 26.5. The van der Waals surface area contributed by atoms with Gasteiger partial charge in [-0.15, -0.1) is 0 Å². The van der Waals surface area contributed by atoms with Crippen LogP contribution in [0.2, 0.25) is 0 Å². The van der Waals surface area contributed by atoms with Crippen LogP contribution in [0.15, 0.2) is 23.8 Å². The molecule has 4 nitrogen and oxygen atoms in total. The Morgan fingerprint density at radius 1 is 1.43 bits per heavy atom. The van der Waals surface area contributed by atoms with Gasteiger partial charge in [-0.05, 0) is 44.6 Å². The Hall–Kier alpha value is -1.29. The second kappa shape index (κ2) is 7.08. The lowest BCUT2D eigenvalue weighted by atomic mass is 9.85. The lowest BCUT2D eigenvalue weighted by Crippen LogP contribution is -2.56. The summed E-state index contributed by atoms with van der Waals surface area (Å²) >= 11 is 0. The Morgan fingerprint density at radius 3 is 2.74 bits per heavy atom. The highest BCUT2D eigenvalue weighted by Crippen LogP contribution is 2.41. The average molecular weight is 318 g/mol. The van der Waals surface area contributed by atoms with E-state index in [1.165, 1.54) is 0 Å². The third-order valence-corrected chi connectivity index (χ3v) is 4.46. The van der Waals surface area contributed by atoms with Gasteiger partial charge < -0.3 is 9.47 Å². The van der Waals surface area contributed by atoms with Crippen LogP contribution in [0.3, 0.4) is 0 Å². The fraction of sp³-hybridized carbons (Fsp3) is 0.632. The molecule has 0 aromatic carbocycles. The maximum atomic E-state index is 12.8. The molecule has 23 heavy (non-hydrogen) atoms. The number of ether oxygens (including phenoxy) is 2. The zero-order valence-corrected chi connectivity index (χ0v) is 14.9. The number of nitrogens with zero attached hydrogens (tertiary/aromatic N) is 1. The van der Waals surface area contributed by atoms with E-state index in [1.807, 2.05) is 43.4 Å². The summed E-state index contributed by atoms with van der Waals surface area (Å²) in [7, 11) is 0. The van der Waals surface area contributed by atoms with Crippen LogP contribution in [0.1, 0.15) is 47.5 Å². The quantitative estimate of drug-likeness (QED) is 0.764. The fourth-order valence-electron chi connectivity index (χ4n) is 3.46. The topological polar surface area (TPSA) is 38.8 Å². The first kappa shape index (κ1) is 18.1. The number of rotatable bonds is 5. The third kappa shape index (κ3) is 3.97. The average Bonchev–Trinajstić information content (AvgIpc) is 2.77. The molecule has 0 N–H and O–H groups in total. The molecule has 3 radical (unpaired) electrons. The van der Waals surface area contributed by atoms with Crippen molar-refractivity contribution in [1.29, 1.82) is 0 Å². The van der Waals surface area contributed by atoms with Crippen molar-refractivity contribution in [3.63, 3.8) is 0 Å². The summed E-state index contributed by atoms with van der Waals surface area (Å²) in [5.74, 6) is 0.477. The number of carbonyl (C=O) groups excluding carboxylic acids is 1. The summed E-state index contributed by atoms with van der Waals surface area (Å²) in [5.41, 5.74) is -0.0814. The molecule has 0 saturated carbocycles. The van der Waals surface area contributed by atoms with Gasteiger partial charge in [0.25, 0.3) is 0 Å². The fourth-order valence-corrected chi connectivity index (χ4v) is 3.46. The van der Waals surface area contributed by atoms with Crippen molar-refractivity contribution in [2.75, 3.05) is 13.2 Å². The van der Waals surface area contributed by atoms with Crippen molar-refractivity contribution in [2.45, 2.75) is 58.7 Å².